The number of rotatable bonds is 15. The average molecular weight is 523 g/mol. The van der Waals surface area contributed by atoms with Gasteiger partial charge in [-0.15, -0.1) is 0 Å². The van der Waals surface area contributed by atoms with Crippen molar-refractivity contribution in [2.45, 2.75) is 62.7 Å². The molecule has 1 aromatic heterocycles. The third kappa shape index (κ3) is 10.1. The molecule has 12 N–H and O–H groups in total. The summed E-state index contributed by atoms with van der Waals surface area (Å²) >= 11 is 0. The zero-order chi connectivity index (χ0) is 27.4. The molecule has 2 heterocycles. The van der Waals surface area contributed by atoms with E-state index in [1.165, 1.54) is 12.5 Å². The number of guanidine groups is 1. The van der Waals surface area contributed by atoms with Gasteiger partial charge in [-0.3, -0.25) is 24.2 Å². The highest BCUT2D eigenvalue weighted by Crippen LogP contribution is 2.08. The summed E-state index contributed by atoms with van der Waals surface area (Å²) in [5.41, 5.74) is 16.3. The Morgan fingerprint density at radius 2 is 1.78 bits per heavy atom. The van der Waals surface area contributed by atoms with E-state index in [4.69, 9.17) is 17.2 Å². The molecule has 0 spiro atoms. The minimum Gasteiger partial charge on any atom is -0.480 e. The molecule has 16 heteroatoms. The predicted molar refractivity (Wildman–Crippen MR) is 130 cm³/mol. The van der Waals surface area contributed by atoms with Gasteiger partial charge in [-0.05, 0) is 32.2 Å². The van der Waals surface area contributed by atoms with Crippen molar-refractivity contribution < 1.29 is 29.1 Å². The topological polar surface area (TPSA) is 273 Å². The van der Waals surface area contributed by atoms with Crippen molar-refractivity contribution in [3.8, 4) is 0 Å². The number of aliphatic carboxylic acids is 1. The number of hydrogen-bond donors (Lipinski definition) is 9. The Hall–Kier alpha value is -4.21. The number of H-pyrrole nitrogens is 1. The van der Waals surface area contributed by atoms with E-state index in [1.54, 1.807) is 0 Å². The van der Waals surface area contributed by atoms with Gasteiger partial charge in [0.25, 0.3) is 0 Å². The van der Waals surface area contributed by atoms with Crippen molar-refractivity contribution >= 4 is 35.6 Å². The van der Waals surface area contributed by atoms with Crippen LogP contribution in [-0.4, -0.2) is 87.9 Å². The smallest absolute Gasteiger partial charge is 0.326 e. The lowest BCUT2D eigenvalue weighted by molar-refractivity contribution is -0.143. The molecular formula is C21H34N10O6. The van der Waals surface area contributed by atoms with Crippen LogP contribution in [0.5, 0.6) is 0 Å². The molecule has 0 bridgehead atoms. The molecular weight excluding hydrogens is 488 g/mol. The number of hydrogen-bond acceptors (Lipinski definition) is 8. The van der Waals surface area contributed by atoms with Gasteiger partial charge in [0.15, 0.2) is 5.96 Å². The van der Waals surface area contributed by atoms with Crippen molar-refractivity contribution in [3.63, 3.8) is 0 Å². The van der Waals surface area contributed by atoms with Crippen LogP contribution in [0.15, 0.2) is 17.5 Å². The lowest BCUT2D eigenvalue weighted by atomic mass is 10.1. The molecule has 1 aliphatic heterocycles. The SMILES string of the molecule is NC(=O)C[C@H](NC(=O)[C@H](CCCN=C(N)N)NC(=O)[C@H](Cc1cnc[nH]1)NC(=O)[C@@H]1CCCN1)C(=O)O. The maximum absolute atomic E-state index is 13.3. The third-order valence-corrected chi connectivity index (χ3v) is 5.59. The maximum atomic E-state index is 13.3. The number of imidazole rings is 1. The van der Waals surface area contributed by atoms with Crippen LogP contribution in [0.2, 0.25) is 0 Å². The van der Waals surface area contributed by atoms with Crippen LogP contribution in [0.1, 0.15) is 37.8 Å². The molecule has 2 rings (SSSR count). The van der Waals surface area contributed by atoms with E-state index in [-0.39, 0.29) is 37.7 Å². The highest BCUT2D eigenvalue weighted by Gasteiger charge is 2.32. The van der Waals surface area contributed by atoms with Gasteiger partial charge in [0.05, 0.1) is 18.8 Å². The number of nitrogens with zero attached hydrogens (tertiary/aromatic N) is 2. The molecule has 0 radical (unpaired) electrons. The second-order valence-corrected chi connectivity index (χ2v) is 8.57. The monoisotopic (exact) mass is 522 g/mol. The summed E-state index contributed by atoms with van der Waals surface area (Å²) in [6.45, 7) is 0.830. The van der Waals surface area contributed by atoms with E-state index in [0.717, 1.165) is 6.42 Å². The van der Waals surface area contributed by atoms with Gasteiger partial charge in [0.2, 0.25) is 23.6 Å². The van der Waals surface area contributed by atoms with Gasteiger partial charge >= 0.3 is 5.97 Å². The number of primary amides is 1. The summed E-state index contributed by atoms with van der Waals surface area (Å²) in [5.74, 6) is -4.44. The van der Waals surface area contributed by atoms with Gasteiger partial charge < -0.3 is 48.6 Å². The van der Waals surface area contributed by atoms with Crippen LogP contribution in [0, 0.1) is 0 Å². The number of nitrogens with one attached hydrogen (secondary N) is 5. The molecule has 1 saturated heterocycles. The highest BCUT2D eigenvalue weighted by molar-refractivity contribution is 5.95. The number of carboxylic acids is 1. The number of carbonyl (C=O) groups excluding carboxylic acids is 4. The summed E-state index contributed by atoms with van der Waals surface area (Å²) in [6, 6.07) is -4.32. The molecule has 1 fully saturated rings. The summed E-state index contributed by atoms with van der Waals surface area (Å²) in [6.07, 6.45) is 4.09. The largest absolute Gasteiger partial charge is 0.480 e. The molecule has 0 aliphatic carbocycles. The number of aromatic nitrogens is 2. The zero-order valence-corrected chi connectivity index (χ0v) is 20.2. The van der Waals surface area contributed by atoms with E-state index in [1.807, 2.05) is 0 Å². The standard InChI is InChI=1S/C21H34N10O6/c22-16(32)8-15(20(36)37)31-18(34)13(4-2-6-27-21(23)24)29-19(35)14(7-11-9-25-10-28-11)30-17(33)12-3-1-5-26-12/h9-10,12-15,26H,1-8H2,(H2,22,32)(H,25,28)(H,29,35)(H,30,33)(H,31,34)(H,36,37)(H4,23,24,27)/t12-,13-,14-,15-/m0/s1. The first-order valence-electron chi connectivity index (χ1n) is 11.7. The minimum absolute atomic E-state index is 0.0339. The minimum atomic E-state index is -1.59. The van der Waals surface area contributed by atoms with Crippen molar-refractivity contribution in [2.75, 3.05) is 13.1 Å². The molecule has 0 saturated carbocycles. The number of nitrogens with two attached hydrogens (primary N) is 3. The fourth-order valence-corrected chi connectivity index (χ4v) is 3.72. The Bertz CT molecular complexity index is 972. The number of amides is 4. The van der Waals surface area contributed by atoms with Crippen LogP contribution in [0.4, 0.5) is 0 Å². The zero-order valence-electron chi connectivity index (χ0n) is 20.2. The van der Waals surface area contributed by atoms with Crippen LogP contribution in [-0.2, 0) is 30.4 Å². The van der Waals surface area contributed by atoms with Crippen LogP contribution >= 0.6 is 0 Å². The molecule has 0 unspecified atom stereocenters. The normalized spacial score (nSPS) is 17.1. The first-order valence-corrected chi connectivity index (χ1v) is 11.7. The Morgan fingerprint density at radius 1 is 1.08 bits per heavy atom. The number of aliphatic imine (C=N–C) groups is 1. The van der Waals surface area contributed by atoms with E-state index in [2.05, 4.69) is 36.2 Å². The first-order chi connectivity index (χ1) is 17.6. The summed E-state index contributed by atoms with van der Waals surface area (Å²) in [5, 5.41) is 19.9. The Balaban J connectivity index is 2.17. The third-order valence-electron chi connectivity index (χ3n) is 5.59. The molecule has 4 atom stereocenters. The van der Waals surface area contributed by atoms with Crippen molar-refractivity contribution in [1.29, 1.82) is 0 Å². The first kappa shape index (κ1) is 29.0. The van der Waals surface area contributed by atoms with Gasteiger partial charge in [-0.2, -0.15) is 0 Å². The number of carbonyl (C=O) groups is 5. The summed E-state index contributed by atoms with van der Waals surface area (Å²) in [4.78, 5) is 72.2. The second-order valence-electron chi connectivity index (χ2n) is 8.57. The van der Waals surface area contributed by atoms with Crippen molar-refractivity contribution in [3.05, 3.63) is 18.2 Å². The predicted octanol–water partition coefficient (Wildman–Crippen LogP) is -3.83. The van der Waals surface area contributed by atoms with E-state index < -0.39 is 54.3 Å². The Kier molecular flexibility index (Phi) is 11.3. The van der Waals surface area contributed by atoms with Gasteiger partial charge in [0, 0.05) is 24.9 Å². The number of aromatic amines is 1. The Morgan fingerprint density at radius 3 is 2.35 bits per heavy atom. The summed E-state index contributed by atoms with van der Waals surface area (Å²) < 4.78 is 0. The molecule has 16 nitrogen and oxygen atoms in total. The molecule has 1 aromatic rings. The number of carboxylic acid groups (broad SMARTS) is 1. The van der Waals surface area contributed by atoms with E-state index in [0.29, 0.717) is 18.7 Å². The van der Waals surface area contributed by atoms with Crippen LogP contribution in [0.25, 0.3) is 0 Å². The lowest BCUT2D eigenvalue weighted by Gasteiger charge is -2.25. The Labute approximate surface area is 212 Å². The van der Waals surface area contributed by atoms with E-state index >= 15 is 0 Å². The molecule has 0 aromatic carbocycles. The van der Waals surface area contributed by atoms with Gasteiger partial charge in [-0.25, -0.2) is 9.78 Å². The van der Waals surface area contributed by atoms with Crippen LogP contribution in [0.3, 0.4) is 0 Å². The lowest BCUT2D eigenvalue weighted by Crippen LogP contribution is -2.57. The van der Waals surface area contributed by atoms with Gasteiger partial charge in [-0.1, -0.05) is 0 Å². The second kappa shape index (κ2) is 14.4. The fourth-order valence-electron chi connectivity index (χ4n) is 3.72. The fraction of sp³-hybridized carbons (Fsp3) is 0.571. The van der Waals surface area contributed by atoms with Crippen LogP contribution < -0.4 is 38.5 Å². The summed E-state index contributed by atoms with van der Waals surface area (Å²) in [7, 11) is 0. The molecule has 4 amide bonds. The quantitative estimate of drug-likeness (QED) is 0.0614. The molecule has 1 aliphatic rings. The van der Waals surface area contributed by atoms with E-state index in [9.17, 15) is 29.1 Å². The maximum Gasteiger partial charge on any atom is 0.326 e. The van der Waals surface area contributed by atoms with Crippen molar-refractivity contribution in [2.24, 2.45) is 22.2 Å². The van der Waals surface area contributed by atoms with Crippen molar-refractivity contribution in [1.82, 2.24) is 31.2 Å². The highest BCUT2D eigenvalue weighted by atomic mass is 16.4. The van der Waals surface area contributed by atoms with Gasteiger partial charge in [0.1, 0.15) is 18.1 Å². The molecule has 37 heavy (non-hydrogen) atoms. The molecule has 204 valence electrons. The average Bonchev–Trinajstić information content (AvgIpc) is 3.54.